The summed E-state index contributed by atoms with van der Waals surface area (Å²) in [5.74, 6) is -0.880. The molecule has 2 N–H and O–H groups in total. The van der Waals surface area contributed by atoms with Crippen molar-refractivity contribution in [2.75, 3.05) is 5.32 Å². The summed E-state index contributed by atoms with van der Waals surface area (Å²) in [4.78, 5) is 11.1. The van der Waals surface area contributed by atoms with Gasteiger partial charge in [-0.25, -0.2) is 4.79 Å². The number of carbonyl (C=O) groups is 1. The van der Waals surface area contributed by atoms with Gasteiger partial charge in [-0.05, 0) is 24.6 Å². The Hall–Kier alpha value is -0.930. The third-order valence-electron chi connectivity index (χ3n) is 2.40. The highest BCUT2D eigenvalue weighted by Crippen LogP contribution is 2.26. The third-order valence-corrected chi connectivity index (χ3v) is 2.97. The molecule has 5 heteroatoms. The Morgan fingerprint density at radius 1 is 1.47 bits per heavy atom. The average Bonchev–Trinajstić information content (AvgIpc) is 2.28. The lowest BCUT2D eigenvalue weighted by Crippen LogP contribution is -2.29. The maximum absolute atomic E-state index is 11.1. The van der Waals surface area contributed by atoms with Crippen LogP contribution in [0.5, 0.6) is 0 Å². The number of rotatable bonds is 6. The van der Waals surface area contributed by atoms with Crippen LogP contribution in [0, 0.1) is 0 Å². The number of carboxylic acid groups (broad SMARTS) is 1. The van der Waals surface area contributed by atoms with Gasteiger partial charge in [0.15, 0.2) is 0 Å². The number of carboxylic acids is 1. The van der Waals surface area contributed by atoms with Gasteiger partial charge in [-0.1, -0.05) is 43.0 Å². The summed E-state index contributed by atoms with van der Waals surface area (Å²) in [6.07, 6.45) is 2.37. The fourth-order valence-electron chi connectivity index (χ4n) is 1.46. The van der Waals surface area contributed by atoms with Crippen LogP contribution in [-0.2, 0) is 4.79 Å². The minimum absolute atomic E-state index is 0.470. The average molecular weight is 276 g/mol. The summed E-state index contributed by atoms with van der Waals surface area (Å²) in [6.45, 7) is 2.02. The number of halogens is 2. The van der Waals surface area contributed by atoms with Crippen molar-refractivity contribution in [2.45, 2.75) is 32.2 Å². The standard InChI is InChI=1S/C12H15Cl2NO2/c1-2-3-4-10(12(16)17)15-11-7-8(13)5-6-9(11)14/h5-7,10,15H,2-4H2,1H3,(H,16,17). The van der Waals surface area contributed by atoms with Crippen LogP contribution in [0.25, 0.3) is 0 Å². The summed E-state index contributed by atoms with van der Waals surface area (Å²) in [6, 6.07) is 4.30. The van der Waals surface area contributed by atoms with Gasteiger partial charge >= 0.3 is 5.97 Å². The molecule has 1 atom stereocenters. The van der Waals surface area contributed by atoms with E-state index in [0.29, 0.717) is 22.2 Å². The number of aliphatic carboxylic acids is 1. The van der Waals surface area contributed by atoms with Crippen LogP contribution in [0.3, 0.4) is 0 Å². The molecule has 0 spiro atoms. The SMILES string of the molecule is CCCCC(Nc1cc(Cl)ccc1Cl)C(=O)O. The topological polar surface area (TPSA) is 49.3 Å². The highest BCUT2D eigenvalue weighted by Gasteiger charge is 2.17. The van der Waals surface area contributed by atoms with Crippen LogP contribution in [0.4, 0.5) is 5.69 Å². The first-order valence-electron chi connectivity index (χ1n) is 5.49. The van der Waals surface area contributed by atoms with E-state index in [0.717, 1.165) is 12.8 Å². The Balaban J connectivity index is 2.78. The summed E-state index contributed by atoms with van der Waals surface area (Å²) in [5, 5.41) is 13.0. The molecule has 3 nitrogen and oxygen atoms in total. The molecule has 0 heterocycles. The molecule has 0 radical (unpaired) electrons. The zero-order valence-corrected chi connectivity index (χ0v) is 11.1. The van der Waals surface area contributed by atoms with Crippen LogP contribution in [0.2, 0.25) is 10.0 Å². The second-order valence-electron chi connectivity index (χ2n) is 3.80. The van der Waals surface area contributed by atoms with Crippen molar-refractivity contribution >= 4 is 34.9 Å². The second kappa shape index (κ2) is 6.72. The van der Waals surface area contributed by atoms with Gasteiger partial charge in [-0.15, -0.1) is 0 Å². The van der Waals surface area contributed by atoms with E-state index in [1.165, 1.54) is 0 Å². The fraction of sp³-hybridized carbons (Fsp3) is 0.417. The number of hydrogen-bond donors (Lipinski definition) is 2. The van der Waals surface area contributed by atoms with Gasteiger partial charge in [0.05, 0.1) is 10.7 Å². The van der Waals surface area contributed by atoms with Gasteiger partial charge in [0.1, 0.15) is 6.04 Å². The Morgan fingerprint density at radius 3 is 2.76 bits per heavy atom. The van der Waals surface area contributed by atoms with Gasteiger partial charge in [-0.3, -0.25) is 0 Å². The van der Waals surface area contributed by atoms with E-state index in [1.54, 1.807) is 18.2 Å². The van der Waals surface area contributed by atoms with E-state index < -0.39 is 12.0 Å². The van der Waals surface area contributed by atoms with Crippen LogP contribution < -0.4 is 5.32 Å². The molecule has 0 aromatic heterocycles. The molecular weight excluding hydrogens is 261 g/mol. The lowest BCUT2D eigenvalue weighted by atomic mass is 10.1. The Morgan fingerprint density at radius 2 is 2.18 bits per heavy atom. The van der Waals surface area contributed by atoms with E-state index in [-0.39, 0.29) is 0 Å². The molecule has 0 aliphatic rings. The Kier molecular flexibility index (Phi) is 5.59. The number of nitrogens with one attached hydrogen (secondary N) is 1. The van der Waals surface area contributed by atoms with Crippen molar-refractivity contribution in [2.24, 2.45) is 0 Å². The van der Waals surface area contributed by atoms with Gasteiger partial charge in [-0.2, -0.15) is 0 Å². The molecule has 0 fully saturated rings. The first-order chi connectivity index (χ1) is 8.04. The molecule has 0 bridgehead atoms. The normalized spacial score (nSPS) is 12.2. The lowest BCUT2D eigenvalue weighted by molar-refractivity contribution is -0.138. The van der Waals surface area contributed by atoms with Crippen LogP contribution in [0.15, 0.2) is 18.2 Å². The number of unbranched alkanes of at least 4 members (excludes halogenated alkanes) is 1. The summed E-state index contributed by atoms with van der Waals surface area (Å²) in [5.41, 5.74) is 0.558. The van der Waals surface area contributed by atoms with E-state index in [2.05, 4.69) is 5.32 Å². The molecular formula is C12H15Cl2NO2. The maximum atomic E-state index is 11.1. The minimum Gasteiger partial charge on any atom is -0.480 e. The fourth-order valence-corrected chi connectivity index (χ4v) is 1.81. The molecule has 1 aromatic carbocycles. The zero-order chi connectivity index (χ0) is 12.8. The molecule has 0 aliphatic heterocycles. The predicted octanol–water partition coefficient (Wildman–Crippen LogP) is 4.05. The second-order valence-corrected chi connectivity index (χ2v) is 4.65. The molecule has 0 amide bonds. The van der Waals surface area contributed by atoms with Crippen molar-refractivity contribution in [3.8, 4) is 0 Å². The summed E-state index contributed by atoms with van der Waals surface area (Å²) < 4.78 is 0. The highest BCUT2D eigenvalue weighted by molar-refractivity contribution is 6.35. The summed E-state index contributed by atoms with van der Waals surface area (Å²) in [7, 11) is 0. The van der Waals surface area contributed by atoms with Gasteiger partial charge in [0.25, 0.3) is 0 Å². The van der Waals surface area contributed by atoms with Gasteiger partial charge in [0.2, 0.25) is 0 Å². The van der Waals surface area contributed by atoms with Crippen molar-refractivity contribution in [3.05, 3.63) is 28.2 Å². The van der Waals surface area contributed by atoms with E-state index in [1.807, 2.05) is 6.92 Å². The molecule has 17 heavy (non-hydrogen) atoms. The first kappa shape index (κ1) is 14.1. The zero-order valence-electron chi connectivity index (χ0n) is 9.54. The molecule has 0 saturated heterocycles. The molecule has 0 aliphatic carbocycles. The highest BCUT2D eigenvalue weighted by atomic mass is 35.5. The van der Waals surface area contributed by atoms with Crippen LogP contribution in [0.1, 0.15) is 26.2 Å². The smallest absolute Gasteiger partial charge is 0.326 e. The molecule has 94 valence electrons. The van der Waals surface area contributed by atoms with Crippen molar-refractivity contribution in [3.63, 3.8) is 0 Å². The van der Waals surface area contributed by atoms with Crippen LogP contribution >= 0.6 is 23.2 Å². The van der Waals surface area contributed by atoms with Crippen molar-refractivity contribution < 1.29 is 9.90 Å². The largest absolute Gasteiger partial charge is 0.480 e. The van der Waals surface area contributed by atoms with E-state index in [4.69, 9.17) is 28.3 Å². The predicted molar refractivity (Wildman–Crippen MR) is 71.0 cm³/mol. The third kappa shape index (κ3) is 4.44. The Bertz CT molecular complexity index is 396. The lowest BCUT2D eigenvalue weighted by Gasteiger charge is -2.16. The minimum atomic E-state index is -0.880. The van der Waals surface area contributed by atoms with E-state index in [9.17, 15) is 4.79 Å². The van der Waals surface area contributed by atoms with Gasteiger partial charge < -0.3 is 10.4 Å². The summed E-state index contributed by atoms with van der Waals surface area (Å²) >= 11 is 11.8. The molecule has 1 aromatic rings. The van der Waals surface area contributed by atoms with Crippen molar-refractivity contribution in [1.82, 2.24) is 0 Å². The molecule has 1 rings (SSSR count). The Labute approximate surface area is 111 Å². The van der Waals surface area contributed by atoms with E-state index >= 15 is 0 Å². The monoisotopic (exact) mass is 275 g/mol. The first-order valence-corrected chi connectivity index (χ1v) is 6.24. The van der Waals surface area contributed by atoms with Crippen LogP contribution in [-0.4, -0.2) is 17.1 Å². The number of benzene rings is 1. The molecule has 0 saturated carbocycles. The number of hydrogen-bond acceptors (Lipinski definition) is 2. The quantitative estimate of drug-likeness (QED) is 0.824. The van der Waals surface area contributed by atoms with Crippen molar-refractivity contribution in [1.29, 1.82) is 0 Å². The maximum Gasteiger partial charge on any atom is 0.326 e. The number of anilines is 1. The van der Waals surface area contributed by atoms with Gasteiger partial charge in [0, 0.05) is 5.02 Å². The molecule has 1 unspecified atom stereocenters.